The van der Waals surface area contributed by atoms with Crippen LogP contribution in [0.15, 0.2) is 54.6 Å². The first-order valence-corrected chi connectivity index (χ1v) is 10.0. The van der Waals surface area contributed by atoms with Crippen molar-refractivity contribution in [3.05, 3.63) is 60.2 Å². The summed E-state index contributed by atoms with van der Waals surface area (Å²) < 4.78 is 5.60. The van der Waals surface area contributed by atoms with Gasteiger partial charge in [0.15, 0.2) is 0 Å². The van der Waals surface area contributed by atoms with Gasteiger partial charge in [-0.25, -0.2) is 0 Å². The number of rotatable bonds is 11. The molecule has 1 amide bonds. The number of carboxylic acid groups (broad SMARTS) is 1. The highest BCUT2D eigenvalue weighted by molar-refractivity contribution is 5.77. The lowest BCUT2D eigenvalue weighted by molar-refractivity contribution is -0.137. The Hall–Kier alpha value is -2.40. The first kappa shape index (κ1) is 21.9. The van der Waals surface area contributed by atoms with E-state index in [4.69, 9.17) is 9.84 Å². The van der Waals surface area contributed by atoms with Crippen molar-refractivity contribution < 1.29 is 19.4 Å². The average molecular weight is 386 g/mol. The highest BCUT2D eigenvalue weighted by Crippen LogP contribution is 2.20. The molecule has 1 unspecified atom stereocenters. The predicted octanol–water partition coefficient (Wildman–Crippen LogP) is 3.99. The van der Waals surface area contributed by atoms with Crippen molar-refractivity contribution in [1.29, 1.82) is 0 Å². The minimum atomic E-state index is -0.770. The summed E-state index contributed by atoms with van der Waals surface area (Å²) in [6.45, 7) is 0.567. The highest BCUT2D eigenvalue weighted by Gasteiger charge is 2.25. The molecule has 1 N–H and O–H groups in total. The second-order valence-corrected chi connectivity index (χ2v) is 7.11. The van der Waals surface area contributed by atoms with Gasteiger partial charge in [-0.2, -0.15) is 0 Å². The van der Waals surface area contributed by atoms with Crippen LogP contribution in [0.25, 0.3) is 0 Å². The fraction of sp³-hybridized carbons (Fsp3) is 0.478. The van der Waals surface area contributed by atoms with Gasteiger partial charge in [0, 0.05) is 32.9 Å². The zero-order valence-corrected chi connectivity index (χ0v) is 16.6. The molecule has 1 aliphatic heterocycles. The molecular weight excluding hydrogens is 354 g/mol. The van der Waals surface area contributed by atoms with E-state index in [1.807, 2.05) is 35.3 Å². The van der Waals surface area contributed by atoms with E-state index in [0.29, 0.717) is 19.4 Å². The third kappa shape index (κ3) is 7.69. The summed E-state index contributed by atoms with van der Waals surface area (Å²) in [6.07, 6.45) is 12.9. The van der Waals surface area contributed by atoms with Gasteiger partial charge in [-0.1, -0.05) is 54.6 Å². The second-order valence-electron chi connectivity index (χ2n) is 7.11. The van der Waals surface area contributed by atoms with Crippen molar-refractivity contribution in [2.24, 2.45) is 0 Å². The molecule has 2 atom stereocenters. The van der Waals surface area contributed by atoms with Crippen molar-refractivity contribution in [3.8, 4) is 0 Å². The average Bonchev–Trinajstić information content (AvgIpc) is 2.69. The highest BCUT2D eigenvalue weighted by atomic mass is 16.5. The lowest BCUT2D eigenvalue weighted by Crippen LogP contribution is -2.42. The van der Waals surface area contributed by atoms with Gasteiger partial charge in [0.05, 0.1) is 12.1 Å². The van der Waals surface area contributed by atoms with Crippen LogP contribution < -0.4 is 0 Å². The van der Waals surface area contributed by atoms with Gasteiger partial charge in [-0.15, -0.1) is 0 Å². The molecule has 0 aromatic heterocycles. The molecule has 0 spiro atoms. The SMILES string of the molecule is COC(/C=C/[C@H]1CCCC(=O)N1C/C=C\CCCC(=O)O)Cc1ccccc1. The Balaban J connectivity index is 1.90. The monoisotopic (exact) mass is 385 g/mol. The molecule has 1 saturated heterocycles. The van der Waals surface area contributed by atoms with Crippen LogP contribution in [-0.2, 0) is 20.7 Å². The molecule has 0 radical (unpaired) electrons. The maximum atomic E-state index is 12.4. The molecule has 0 saturated carbocycles. The number of hydrogen-bond donors (Lipinski definition) is 1. The molecule has 2 rings (SSSR count). The van der Waals surface area contributed by atoms with Gasteiger partial charge < -0.3 is 14.7 Å². The molecule has 1 heterocycles. The van der Waals surface area contributed by atoms with E-state index >= 15 is 0 Å². The third-order valence-corrected chi connectivity index (χ3v) is 4.97. The molecule has 152 valence electrons. The molecule has 28 heavy (non-hydrogen) atoms. The van der Waals surface area contributed by atoms with Crippen LogP contribution in [0.3, 0.4) is 0 Å². The second kappa shape index (κ2) is 12.1. The summed E-state index contributed by atoms with van der Waals surface area (Å²) in [5, 5.41) is 8.67. The summed E-state index contributed by atoms with van der Waals surface area (Å²) >= 11 is 0. The molecule has 1 aromatic carbocycles. The normalized spacial score (nSPS) is 18.8. The summed E-state index contributed by atoms with van der Waals surface area (Å²) in [5.41, 5.74) is 1.22. The van der Waals surface area contributed by atoms with E-state index in [1.54, 1.807) is 7.11 Å². The number of amides is 1. The third-order valence-electron chi connectivity index (χ3n) is 4.97. The maximum absolute atomic E-state index is 12.4. The Morgan fingerprint density at radius 3 is 2.82 bits per heavy atom. The Morgan fingerprint density at radius 1 is 1.32 bits per heavy atom. The van der Waals surface area contributed by atoms with Crippen LogP contribution in [-0.4, -0.2) is 47.7 Å². The van der Waals surface area contributed by atoms with Gasteiger partial charge in [0.25, 0.3) is 0 Å². The number of ether oxygens (including phenoxy) is 1. The van der Waals surface area contributed by atoms with E-state index < -0.39 is 5.97 Å². The minimum Gasteiger partial charge on any atom is -0.481 e. The molecule has 5 heteroatoms. The number of piperidine rings is 1. The Bertz CT molecular complexity index is 668. The van der Waals surface area contributed by atoms with E-state index in [1.165, 1.54) is 5.56 Å². The number of carbonyl (C=O) groups excluding carboxylic acids is 1. The van der Waals surface area contributed by atoms with E-state index in [2.05, 4.69) is 24.3 Å². The first-order chi connectivity index (χ1) is 13.6. The van der Waals surface area contributed by atoms with E-state index in [9.17, 15) is 9.59 Å². The Labute approximate surface area is 167 Å². The lowest BCUT2D eigenvalue weighted by atomic mass is 9.99. The zero-order valence-electron chi connectivity index (χ0n) is 16.6. The van der Waals surface area contributed by atoms with Crippen LogP contribution in [0, 0.1) is 0 Å². The minimum absolute atomic E-state index is 0.0205. The zero-order chi connectivity index (χ0) is 20.2. The molecule has 1 aliphatic rings. The number of nitrogens with zero attached hydrogens (tertiary/aromatic N) is 1. The fourth-order valence-electron chi connectivity index (χ4n) is 3.39. The van der Waals surface area contributed by atoms with Crippen molar-refractivity contribution in [3.63, 3.8) is 0 Å². The van der Waals surface area contributed by atoms with Crippen molar-refractivity contribution >= 4 is 11.9 Å². The number of carboxylic acids is 1. The molecule has 0 bridgehead atoms. The standard InChI is InChI=1S/C23H31NO4/c1-28-21(18-19-10-5-4-6-11-19)16-15-20-12-9-13-22(25)24(20)17-8-3-2-7-14-23(26)27/h3-6,8,10-11,15-16,20-21H,2,7,9,12-14,17-18H2,1H3,(H,26,27)/b8-3-,16-15+/t20-,21?/m1/s1. The molecule has 5 nitrogen and oxygen atoms in total. The van der Waals surface area contributed by atoms with Crippen LogP contribution in [0.2, 0.25) is 0 Å². The van der Waals surface area contributed by atoms with Crippen LogP contribution in [0.1, 0.15) is 44.1 Å². The number of carbonyl (C=O) groups is 2. The van der Waals surface area contributed by atoms with Crippen LogP contribution in [0.4, 0.5) is 0 Å². The van der Waals surface area contributed by atoms with Gasteiger partial charge in [0.1, 0.15) is 0 Å². The fourth-order valence-corrected chi connectivity index (χ4v) is 3.39. The van der Waals surface area contributed by atoms with Gasteiger partial charge in [-0.3, -0.25) is 9.59 Å². The smallest absolute Gasteiger partial charge is 0.303 e. The summed E-state index contributed by atoms with van der Waals surface area (Å²) in [4.78, 5) is 24.8. The Morgan fingerprint density at radius 2 is 2.11 bits per heavy atom. The van der Waals surface area contributed by atoms with Gasteiger partial charge in [-0.05, 0) is 31.2 Å². The van der Waals surface area contributed by atoms with E-state index in [-0.39, 0.29) is 24.5 Å². The summed E-state index contributed by atoms with van der Waals surface area (Å²) in [6, 6.07) is 10.3. The Kier molecular flexibility index (Phi) is 9.49. The molecular formula is C23H31NO4. The number of aliphatic carboxylic acids is 1. The summed E-state index contributed by atoms with van der Waals surface area (Å²) in [7, 11) is 1.71. The number of hydrogen-bond acceptors (Lipinski definition) is 3. The lowest BCUT2D eigenvalue weighted by Gasteiger charge is -2.33. The van der Waals surface area contributed by atoms with E-state index in [0.717, 1.165) is 25.7 Å². The van der Waals surface area contributed by atoms with Crippen LogP contribution in [0.5, 0.6) is 0 Å². The van der Waals surface area contributed by atoms with Crippen molar-refractivity contribution in [2.75, 3.05) is 13.7 Å². The largest absolute Gasteiger partial charge is 0.481 e. The van der Waals surface area contributed by atoms with Gasteiger partial charge in [0.2, 0.25) is 5.91 Å². The van der Waals surface area contributed by atoms with Crippen LogP contribution >= 0.6 is 0 Å². The number of methoxy groups -OCH3 is 1. The van der Waals surface area contributed by atoms with Gasteiger partial charge >= 0.3 is 5.97 Å². The molecule has 1 fully saturated rings. The number of likely N-dealkylation sites (tertiary alicyclic amines) is 1. The predicted molar refractivity (Wildman–Crippen MR) is 110 cm³/mol. The first-order valence-electron chi connectivity index (χ1n) is 10.0. The topological polar surface area (TPSA) is 66.8 Å². The summed E-state index contributed by atoms with van der Waals surface area (Å²) in [5.74, 6) is -0.596. The maximum Gasteiger partial charge on any atom is 0.303 e. The molecule has 0 aliphatic carbocycles. The van der Waals surface area contributed by atoms with Crippen molar-refractivity contribution in [1.82, 2.24) is 4.90 Å². The number of allylic oxidation sites excluding steroid dienone is 1. The molecule has 1 aromatic rings. The quantitative estimate of drug-likeness (QED) is 0.462. The number of unbranched alkanes of at least 4 members (excludes halogenated alkanes) is 1. The number of benzene rings is 1. The van der Waals surface area contributed by atoms with Crippen molar-refractivity contribution in [2.45, 2.75) is 57.1 Å².